The molecule has 0 unspecified atom stereocenters. The van der Waals surface area contributed by atoms with Crippen LogP contribution in [0.4, 0.5) is 13.2 Å². The molecule has 214 valence electrons. The van der Waals surface area contributed by atoms with Crippen LogP contribution in [0.2, 0.25) is 10.0 Å². The van der Waals surface area contributed by atoms with Crippen LogP contribution in [0.5, 0.6) is 11.5 Å². The molecule has 0 bridgehead atoms. The highest BCUT2D eigenvalue weighted by Crippen LogP contribution is 2.33. The third-order valence-corrected chi connectivity index (χ3v) is 6.99. The number of rotatable bonds is 8. The maximum absolute atomic E-state index is 13.0. The molecule has 7 nitrogen and oxygen atoms in total. The molecule has 0 aliphatic rings. The van der Waals surface area contributed by atoms with E-state index >= 15 is 0 Å². The van der Waals surface area contributed by atoms with Crippen molar-refractivity contribution in [2.75, 3.05) is 0 Å². The average Bonchev–Trinajstić information content (AvgIpc) is 3.30. The Morgan fingerprint density at radius 2 is 1.67 bits per heavy atom. The number of carbonyl (C=O) groups excluding carboxylic acids is 2. The van der Waals surface area contributed by atoms with E-state index in [0.717, 1.165) is 12.1 Å². The number of amides is 2. The van der Waals surface area contributed by atoms with Gasteiger partial charge in [-0.3, -0.25) is 9.59 Å². The van der Waals surface area contributed by atoms with Crippen molar-refractivity contribution in [2.24, 2.45) is 5.73 Å². The maximum atomic E-state index is 13.0. The van der Waals surface area contributed by atoms with Gasteiger partial charge in [-0.05, 0) is 60.2 Å². The lowest BCUT2D eigenvalue weighted by atomic mass is 10.1. The van der Waals surface area contributed by atoms with Crippen LogP contribution in [0.25, 0.3) is 22.4 Å². The molecule has 2 amide bonds. The molecule has 1 aromatic heterocycles. The first-order valence-corrected chi connectivity index (χ1v) is 13.2. The third-order valence-electron chi connectivity index (χ3n) is 6.25. The van der Waals surface area contributed by atoms with Crippen molar-refractivity contribution >= 4 is 46.0 Å². The van der Waals surface area contributed by atoms with Crippen molar-refractivity contribution in [3.8, 4) is 22.9 Å². The van der Waals surface area contributed by atoms with Crippen molar-refractivity contribution in [2.45, 2.75) is 19.3 Å². The van der Waals surface area contributed by atoms with Crippen molar-refractivity contribution in [3.63, 3.8) is 0 Å². The van der Waals surface area contributed by atoms with Crippen LogP contribution in [-0.4, -0.2) is 21.4 Å². The highest BCUT2D eigenvalue weighted by atomic mass is 35.5. The summed E-state index contributed by atoms with van der Waals surface area (Å²) in [6.07, 6.45) is -4.48. The Hall–Kier alpha value is -4.54. The van der Waals surface area contributed by atoms with Crippen LogP contribution in [0, 0.1) is 0 Å². The number of primary amides is 1. The van der Waals surface area contributed by atoms with Gasteiger partial charge in [0.05, 0.1) is 26.6 Å². The molecule has 0 fully saturated rings. The summed E-state index contributed by atoms with van der Waals surface area (Å²) in [4.78, 5) is 29.5. The van der Waals surface area contributed by atoms with Crippen LogP contribution >= 0.6 is 23.2 Å². The first kappa shape index (κ1) is 29.0. The zero-order valence-electron chi connectivity index (χ0n) is 21.6. The molecular formula is C30H21Cl2F3N4O3. The Kier molecular flexibility index (Phi) is 8.11. The summed E-state index contributed by atoms with van der Waals surface area (Å²) in [7, 11) is 0. The third kappa shape index (κ3) is 6.50. The molecular weight excluding hydrogens is 592 g/mol. The number of hydrogen-bond donors (Lipinski definition) is 2. The van der Waals surface area contributed by atoms with Crippen LogP contribution in [-0.2, 0) is 24.1 Å². The molecule has 0 saturated heterocycles. The quantitative estimate of drug-likeness (QED) is 0.193. The van der Waals surface area contributed by atoms with Gasteiger partial charge < -0.3 is 20.4 Å². The Labute approximate surface area is 247 Å². The van der Waals surface area contributed by atoms with Gasteiger partial charge in [-0.2, -0.15) is 13.2 Å². The Morgan fingerprint density at radius 3 is 2.40 bits per heavy atom. The zero-order chi connectivity index (χ0) is 30.0. The van der Waals surface area contributed by atoms with Gasteiger partial charge in [0.25, 0.3) is 5.91 Å². The predicted octanol–water partition coefficient (Wildman–Crippen LogP) is 7.24. The number of carbonyl (C=O) groups is 2. The fraction of sp³-hybridized carbons (Fsp3) is 0.100. The number of alkyl halides is 3. The molecule has 1 heterocycles. The van der Waals surface area contributed by atoms with Crippen LogP contribution in [0.1, 0.15) is 21.5 Å². The summed E-state index contributed by atoms with van der Waals surface area (Å²) in [6.45, 7) is -0.279. The number of nitrogens with one attached hydrogen (secondary N) is 1. The van der Waals surface area contributed by atoms with E-state index in [2.05, 4.69) is 10.3 Å². The standard InChI is InChI=1S/C30H21Cl2F3N4O3/c31-23-9-8-22(14-24(23)32)42-21-6-2-4-18(12-21)28-38-25-13-19(7-10-26(25)39(28)16-27(36)40)29(41)37-15-17-3-1-5-20(11-17)30(33,34)35/h1-14H,15-16H2,(H2,36,40)(H,37,41). The molecule has 3 N–H and O–H groups in total. The normalized spacial score (nSPS) is 11.5. The largest absolute Gasteiger partial charge is 0.457 e. The number of nitrogens with two attached hydrogens (primary N) is 1. The van der Waals surface area contributed by atoms with Gasteiger partial charge in [0.1, 0.15) is 23.9 Å². The summed E-state index contributed by atoms with van der Waals surface area (Å²) >= 11 is 12.1. The molecule has 5 aromatic rings. The highest BCUT2D eigenvalue weighted by molar-refractivity contribution is 6.42. The van der Waals surface area contributed by atoms with Crippen LogP contribution in [0.3, 0.4) is 0 Å². The van der Waals surface area contributed by atoms with Crippen LogP contribution in [0.15, 0.2) is 84.9 Å². The van der Waals surface area contributed by atoms with Gasteiger partial charge in [0.15, 0.2) is 0 Å². The van der Waals surface area contributed by atoms with Crippen molar-refractivity contribution in [1.29, 1.82) is 0 Å². The van der Waals surface area contributed by atoms with E-state index in [-0.39, 0.29) is 18.7 Å². The van der Waals surface area contributed by atoms with Gasteiger partial charge >= 0.3 is 6.18 Å². The summed E-state index contributed by atoms with van der Waals surface area (Å²) in [5.41, 5.74) is 6.83. The van der Waals surface area contributed by atoms with Gasteiger partial charge in [-0.15, -0.1) is 0 Å². The maximum Gasteiger partial charge on any atom is 0.416 e. The minimum atomic E-state index is -4.48. The molecule has 0 spiro atoms. The summed E-state index contributed by atoms with van der Waals surface area (Å²) in [6, 6.07) is 21.3. The van der Waals surface area contributed by atoms with Crippen molar-refractivity contribution < 1.29 is 27.5 Å². The highest BCUT2D eigenvalue weighted by Gasteiger charge is 2.30. The monoisotopic (exact) mass is 612 g/mol. The first-order valence-electron chi connectivity index (χ1n) is 12.4. The molecule has 0 aliphatic heterocycles. The van der Waals surface area contributed by atoms with Crippen molar-refractivity contribution in [3.05, 3.63) is 112 Å². The fourth-order valence-corrected chi connectivity index (χ4v) is 4.61. The smallest absolute Gasteiger partial charge is 0.416 e. The lowest BCUT2D eigenvalue weighted by molar-refractivity contribution is -0.137. The molecule has 0 radical (unpaired) electrons. The molecule has 0 saturated carbocycles. The van der Waals surface area contributed by atoms with E-state index in [0.29, 0.717) is 49.5 Å². The second kappa shape index (κ2) is 11.8. The zero-order valence-corrected chi connectivity index (χ0v) is 23.1. The van der Waals surface area contributed by atoms with E-state index in [1.165, 1.54) is 24.3 Å². The first-order chi connectivity index (χ1) is 20.0. The lowest BCUT2D eigenvalue weighted by Crippen LogP contribution is -2.23. The lowest BCUT2D eigenvalue weighted by Gasteiger charge is -2.10. The Bertz CT molecular complexity index is 1820. The Morgan fingerprint density at radius 1 is 0.905 bits per heavy atom. The van der Waals surface area contributed by atoms with Gasteiger partial charge in [-0.1, -0.05) is 47.5 Å². The summed E-state index contributed by atoms with van der Waals surface area (Å²) in [5.74, 6) is 0.245. The predicted molar refractivity (Wildman–Crippen MR) is 154 cm³/mol. The van der Waals surface area contributed by atoms with Gasteiger partial charge in [-0.25, -0.2) is 4.98 Å². The van der Waals surface area contributed by atoms with E-state index < -0.39 is 23.6 Å². The SMILES string of the molecule is NC(=O)Cn1c(-c2cccc(Oc3ccc(Cl)c(Cl)c3)c2)nc2cc(C(=O)NCc3cccc(C(F)(F)F)c3)ccc21. The van der Waals surface area contributed by atoms with E-state index in [9.17, 15) is 22.8 Å². The molecule has 0 atom stereocenters. The molecule has 5 rings (SSSR count). The topological polar surface area (TPSA) is 99.2 Å². The Balaban J connectivity index is 1.42. The number of aromatic nitrogens is 2. The van der Waals surface area contributed by atoms with E-state index in [1.807, 2.05) is 0 Å². The number of fused-ring (bicyclic) bond motifs is 1. The van der Waals surface area contributed by atoms with Crippen LogP contribution < -0.4 is 15.8 Å². The van der Waals surface area contributed by atoms with Gasteiger partial charge in [0.2, 0.25) is 5.91 Å². The number of benzene rings is 4. The van der Waals surface area contributed by atoms with E-state index in [1.54, 1.807) is 53.1 Å². The number of halogens is 5. The van der Waals surface area contributed by atoms with E-state index in [4.69, 9.17) is 33.7 Å². The molecule has 12 heteroatoms. The fourth-order valence-electron chi connectivity index (χ4n) is 4.32. The number of imidazole rings is 1. The second-order valence-electron chi connectivity index (χ2n) is 9.28. The molecule has 4 aromatic carbocycles. The molecule has 42 heavy (non-hydrogen) atoms. The second-order valence-corrected chi connectivity index (χ2v) is 10.1. The summed E-state index contributed by atoms with van der Waals surface area (Å²) in [5, 5.41) is 3.36. The number of nitrogens with zero attached hydrogens (tertiary/aromatic N) is 2. The minimum absolute atomic E-state index is 0.103. The minimum Gasteiger partial charge on any atom is -0.457 e. The van der Waals surface area contributed by atoms with Crippen molar-refractivity contribution in [1.82, 2.24) is 14.9 Å². The summed E-state index contributed by atoms with van der Waals surface area (Å²) < 4.78 is 46.6. The average molecular weight is 613 g/mol. The number of ether oxygens (including phenoxy) is 1. The molecule has 0 aliphatic carbocycles. The van der Waals surface area contributed by atoms with Gasteiger partial charge in [0, 0.05) is 23.7 Å². The number of hydrogen-bond acceptors (Lipinski definition) is 4.